The summed E-state index contributed by atoms with van der Waals surface area (Å²) in [6.07, 6.45) is 30.8. The topological polar surface area (TPSA) is 7.76 Å². The largest absolute Gasteiger partial charge is 0.205 e. The molecule has 2 aromatic heterocycles. The predicted molar refractivity (Wildman–Crippen MR) is 146 cm³/mol. The van der Waals surface area contributed by atoms with Gasteiger partial charge in [-0.25, -0.2) is 9.13 Å². The van der Waals surface area contributed by atoms with Gasteiger partial charge < -0.3 is 0 Å². The van der Waals surface area contributed by atoms with E-state index in [0.717, 1.165) is 18.8 Å². The molecular formula is C30H50N2S+2. The van der Waals surface area contributed by atoms with Gasteiger partial charge in [0.2, 0.25) is 0 Å². The maximum atomic E-state index is 4.28. The summed E-state index contributed by atoms with van der Waals surface area (Å²) in [5, 5.41) is 0. The van der Waals surface area contributed by atoms with Gasteiger partial charge in [-0.05, 0) is 36.1 Å². The van der Waals surface area contributed by atoms with Gasteiger partial charge in [-0.15, -0.1) is 0 Å². The number of hydrogen-bond acceptors (Lipinski definition) is 1. The second kappa shape index (κ2) is 19.0. The molecule has 2 nitrogen and oxygen atoms in total. The van der Waals surface area contributed by atoms with Gasteiger partial charge in [0, 0.05) is 37.1 Å². The Labute approximate surface area is 210 Å². The minimum Gasteiger partial charge on any atom is -0.205 e. The van der Waals surface area contributed by atoms with Crippen LogP contribution in [0, 0.1) is 0 Å². The van der Waals surface area contributed by atoms with Crippen molar-refractivity contribution in [1.29, 1.82) is 0 Å². The highest BCUT2D eigenvalue weighted by Crippen LogP contribution is 2.16. The van der Waals surface area contributed by atoms with Crippen LogP contribution in [-0.2, 0) is 13.1 Å². The van der Waals surface area contributed by atoms with Crippen LogP contribution in [0.5, 0.6) is 0 Å². The smallest absolute Gasteiger partial charge is 0.169 e. The Hall–Kier alpha value is -1.35. The molecule has 2 aromatic rings. The molecule has 0 bridgehead atoms. The van der Waals surface area contributed by atoms with Crippen LogP contribution >= 0.6 is 12.6 Å². The summed E-state index contributed by atoms with van der Waals surface area (Å²) < 4.78 is 4.67. The highest BCUT2D eigenvalue weighted by atomic mass is 32.1. The van der Waals surface area contributed by atoms with E-state index in [4.69, 9.17) is 0 Å². The number of rotatable bonds is 20. The van der Waals surface area contributed by atoms with E-state index in [1.54, 1.807) is 0 Å². The number of pyridine rings is 2. The van der Waals surface area contributed by atoms with E-state index in [1.165, 1.54) is 114 Å². The number of hydrogen-bond donors (Lipinski definition) is 1. The molecule has 0 amide bonds. The van der Waals surface area contributed by atoms with E-state index >= 15 is 0 Å². The van der Waals surface area contributed by atoms with Crippen molar-refractivity contribution in [2.75, 3.05) is 5.75 Å². The van der Waals surface area contributed by atoms with Crippen LogP contribution in [0.15, 0.2) is 49.1 Å². The predicted octanol–water partition coefficient (Wildman–Crippen LogP) is 8.12. The molecule has 0 aliphatic rings. The van der Waals surface area contributed by atoms with Gasteiger partial charge in [-0.2, -0.15) is 12.6 Å². The molecule has 2 rings (SSSR count). The van der Waals surface area contributed by atoms with Crippen molar-refractivity contribution in [3.8, 4) is 11.1 Å². The molecule has 0 aliphatic carbocycles. The Balaban J connectivity index is 1.59. The van der Waals surface area contributed by atoms with Crippen LogP contribution in [-0.4, -0.2) is 5.75 Å². The third-order valence-corrected chi connectivity index (χ3v) is 7.03. The minimum absolute atomic E-state index is 1.04. The first kappa shape index (κ1) is 27.9. The standard InChI is InChI=1S/C30H49N2S/c1-2-3-4-5-6-9-12-15-22-31-24-18-29(19-25-31)30-20-26-32(27-21-30)23-16-13-10-7-8-11-14-17-28-33/h18-21,24-27H,2-17,22-23,28H2,1H3/q+1/p+1. The Bertz CT molecular complexity index is 696. The number of aryl methyl sites for hydroxylation is 2. The number of thiol groups is 1. The molecule has 2 heterocycles. The van der Waals surface area contributed by atoms with E-state index in [0.29, 0.717) is 0 Å². The lowest BCUT2D eigenvalue weighted by Crippen LogP contribution is -2.33. The van der Waals surface area contributed by atoms with E-state index in [1.807, 2.05) is 0 Å². The van der Waals surface area contributed by atoms with E-state index < -0.39 is 0 Å². The second-order valence-corrected chi connectivity index (χ2v) is 10.1. The van der Waals surface area contributed by atoms with Crippen LogP contribution in [0.25, 0.3) is 11.1 Å². The van der Waals surface area contributed by atoms with Crippen molar-refractivity contribution < 1.29 is 9.13 Å². The van der Waals surface area contributed by atoms with Crippen molar-refractivity contribution in [2.24, 2.45) is 0 Å². The third-order valence-electron chi connectivity index (χ3n) is 6.71. The summed E-state index contributed by atoms with van der Waals surface area (Å²) in [6.45, 7) is 4.56. The first-order chi connectivity index (χ1) is 16.3. The molecule has 3 heteroatoms. The monoisotopic (exact) mass is 470 g/mol. The molecule has 184 valence electrons. The van der Waals surface area contributed by atoms with Crippen LogP contribution in [0.3, 0.4) is 0 Å². The average Bonchev–Trinajstić information content (AvgIpc) is 2.85. The van der Waals surface area contributed by atoms with Gasteiger partial charge in [-0.3, -0.25) is 0 Å². The Morgan fingerprint density at radius 2 is 0.818 bits per heavy atom. The maximum absolute atomic E-state index is 4.28. The number of unbranched alkanes of at least 4 members (excludes halogenated alkanes) is 14. The molecule has 33 heavy (non-hydrogen) atoms. The zero-order valence-corrected chi connectivity index (χ0v) is 22.3. The quantitative estimate of drug-likeness (QED) is 0.113. The molecule has 0 atom stereocenters. The molecule has 0 spiro atoms. The van der Waals surface area contributed by atoms with E-state index in [-0.39, 0.29) is 0 Å². The van der Waals surface area contributed by atoms with Crippen LogP contribution < -0.4 is 9.13 Å². The average molecular weight is 471 g/mol. The molecular weight excluding hydrogens is 420 g/mol. The van der Waals surface area contributed by atoms with Crippen molar-refractivity contribution in [1.82, 2.24) is 0 Å². The molecule has 0 N–H and O–H groups in total. The zero-order chi connectivity index (χ0) is 23.4. The van der Waals surface area contributed by atoms with Crippen LogP contribution in [0.1, 0.15) is 110 Å². The van der Waals surface area contributed by atoms with Gasteiger partial charge in [0.25, 0.3) is 0 Å². The lowest BCUT2D eigenvalue weighted by Gasteiger charge is -2.03. The third kappa shape index (κ3) is 13.2. The molecule has 0 radical (unpaired) electrons. The van der Waals surface area contributed by atoms with Crippen LogP contribution in [0.2, 0.25) is 0 Å². The SMILES string of the molecule is CCCCCCCCCC[n+]1ccc(-c2cc[n+](CCCCCCCCCCS)cc2)cc1. The lowest BCUT2D eigenvalue weighted by molar-refractivity contribution is -0.697. The Morgan fingerprint density at radius 3 is 1.18 bits per heavy atom. The van der Waals surface area contributed by atoms with Gasteiger partial charge in [0.15, 0.2) is 24.8 Å². The maximum Gasteiger partial charge on any atom is 0.169 e. The molecule has 0 aromatic carbocycles. The van der Waals surface area contributed by atoms with Crippen molar-refractivity contribution in [3.63, 3.8) is 0 Å². The lowest BCUT2D eigenvalue weighted by atomic mass is 10.1. The number of nitrogens with zero attached hydrogens (tertiary/aromatic N) is 2. The van der Waals surface area contributed by atoms with E-state index in [9.17, 15) is 0 Å². The fraction of sp³-hybridized carbons (Fsp3) is 0.667. The van der Waals surface area contributed by atoms with Crippen molar-refractivity contribution in [3.05, 3.63) is 49.1 Å². The second-order valence-electron chi connectivity index (χ2n) is 9.68. The summed E-state index contributed by atoms with van der Waals surface area (Å²) >= 11 is 4.28. The minimum atomic E-state index is 1.04. The van der Waals surface area contributed by atoms with Crippen molar-refractivity contribution >= 4 is 12.6 Å². The molecule has 0 unspecified atom stereocenters. The first-order valence-electron chi connectivity index (χ1n) is 13.9. The molecule has 0 saturated carbocycles. The summed E-state index contributed by atoms with van der Waals surface area (Å²) in [6, 6.07) is 9.06. The summed E-state index contributed by atoms with van der Waals surface area (Å²) in [5.74, 6) is 1.04. The fourth-order valence-corrected chi connectivity index (χ4v) is 4.72. The summed E-state index contributed by atoms with van der Waals surface area (Å²) in [5.41, 5.74) is 2.62. The van der Waals surface area contributed by atoms with Gasteiger partial charge >= 0.3 is 0 Å². The first-order valence-corrected chi connectivity index (χ1v) is 14.6. The summed E-state index contributed by atoms with van der Waals surface area (Å²) in [4.78, 5) is 0. The molecule has 0 fully saturated rings. The normalized spacial score (nSPS) is 11.2. The highest BCUT2D eigenvalue weighted by Gasteiger charge is 2.06. The fourth-order valence-electron chi connectivity index (χ4n) is 4.49. The van der Waals surface area contributed by atoms with Crippen molar-refractivity contribution in [2.45, 2.75) is 123 Å². The van der Waals surface area contributed by atoms with Crippen LogP contribution in [0.4, 0.5) is 0 Å². The molecule has 0 aliphatic heterocycles. The highest BCUT2D eigenvalue weighted by molar-refractivity contribution is 7.80. The zero-order valence-electron chi connectivity index (χ0n) is 21.4. The summed E-state index contributed by atoms with van der Waals surface area (Å²) in [7, 11) is 0. The Morgan fingerprint density at radius 1 is 0.485 bits per heavy atom. The Kier molecular flexibility index (Phi) is 16.1. The van der Waals surface area contributed by atoms with Gasteiger partial charge in [0.05, 0.1) is 0 Å². The van der Waals surface area contributed by atoms with Gasteiger partial charge in [0.1, 0.15) is 13.1 Å². The number of aromatic nitrogens is 2. The van der Waals surface area contributed by atoms with E-state index in [2.05, 4.69) is 77.7 Å². The molecule has 0 saturated heterocycles. The van der Waals surface area contributed by atoms with Gasteiger partial charge in [-0.1, -0.05) is 77.6 Å².